The van der Waals surface area contributed by atoms with Crippen molar-refractivity contribution in [3.05, 3.63) is 16.7 Å². The van der Waals surface area contributed by atoms with Gasteiger partial charge in [0.2, 0.25) is 5.95 Å². The molecule has 23 heavy (non-hydrogen) atoms. The van der Waals surface area contributed by atoms with Crippen LogP contribution in [0.1, 0.15) is 12.6 Å². The van der Waals surface area contributed by atoms with Crippen molar-refractivity contribution in [1.29, 1.82) is 0 Å². The lowest BCUT2D eigenvalue weighted by Crippen LogP contribution is -2.44. The van der Waals surface area contributed by atoms with Crippen LogP contribution in [0.3, 0.4) is 0 Å². The molecule has 11 nitrogen and oxygen atoms in total. The van der Waals surface area contributed by atoms with E-state index < -0.39 is 42.8 Å². The molecule has 1 unspecified atom stereocenters. The van der Waals surface area contributed by atoms with Crippen LogP contribution in [0, 0.1) is 0 Å². The Hall–Kier alpha value is -2.05. The Bertz CT molecular complexity index is 760. The number of aliphatic hydroxyl groups is 4. The summed E-state index contributed by atoms with van der Waals surface area (Å²) in [6.07, 6.45) is -5.68. The Labute approximate surface area is 129 Å². The molecule has 0 amide bonds. The van der Waals surface area contributed by atoms with Crippen molar-refractivity contribution in [3.63, 3.8) is 0 Å². The predicted octanol–water partition coefficient (Wildman–Crippen LogP) is -2.94. The number of aliphatic hydroxyl groups excluding tert-OH is 4. The van der Waals surface area contributed by atoms with Gasteiger partial charge in [-0.25, -0.2) is 9.55 Å². The molecule has 0 bridgehead atoms. The van der Waals surface area contributed by atoms with Crippen LogP contribution in [-0.4, -0.2) is 71.0 Å². The summed E-state index contributed by atoms with van der Waals surface area (Å²) < 4.78 is 6.46. The quantitative estimate of drug-likeness (QED) is 0.336. The van der Waals surface area contributed by atoms with Gasteiger partial charge in [0, 0.05) is 6.42 Å². The van der Waals surface area contributed by atoms with Gasteiger partial charge in [-0.3, -0.25) is 4.79 Å². The van der Waals surface area contributed by atoms with Gasteiger partial charge in [-0.1, -0.05) is 0 Å². The molecule has 3 rings (SSSR count). The number of nitrogens with one attached hydrogen (secondary N) is 1. The summed E-state index contributed by atoms with van der Waals surface area (Å²) >= 11 is 0. The molecule has 1 aliphatic heterocycles. The normalized spacial score (nSPS) is 32.1. The van der Waals surface area contributed by atoms with Gasteiger partial charge in [-0.15, -0.1) is 0 Å². The molecule has 0 spiro atoms. The van der Waals surface area contributed by atoms with E-state index >= 15 is 0 Å². The van der Waals surface area contributed by atoms with Crippen LogP contribution in [-0.2, 0) is 4.74 Å². The Kier molecular flexibility index (Phi) is 4.04. The summed E-state index contributed by atoms with van der Waals surface area (Å²) in [5.74, 6) is -0.200. The largest absolute Gasteiger partial charge is 0.394 e. The molecular formula is C12H17N5O6. The van der Waals surface area contributed by atoms with Crippen molar-refractivity contribution in [3.8, 4) is 0 Å². The lowest BCUT2D eigenvalue weighted by atomic mass is 10.0. The fraction of sp³-hybridized carbons (Fsp3) is 0.583. The van der Waals surface area contributed by atoms with Gasteiger partial charge < -0.3 is 35.9 Å². The number of anilines is 1. The molecule has 1 aliphatic rings. The summed E-state index contributed by atoms with van der Waals surface area (Å²) in [6.45, 7) is -0.615. The summed E-state index contributed by atoms with van der Waals surface area (Å²) in [6, 6.07) is 0. The fourth-order valence-electron chi connectivity index (χ4n) is 2.64. The zero-order valence-corrected chi connectivity index (χ0v) is 11.9. The lowest BCUT2D eigenvalue weighted by Gasteiger charge is -2.25. The summed E-state index contributed by atoms with van der Waals surface area (Å²) in [5, 5.41) is 39.0. The summed E-state index contributed by atoms with van der Waals surface area (Å²) in [4.78, 5) is 23.0. The number of aromatic amines is 1. The van der Waals surface area contributed by atoms with E-state index in [9.17, 15) is 25.2 Å². The molecular weight excluding hydrogens is 310 g/mol. The number of hydrogen-bond donors (Lipinski definition) is 6. The van der Waals surface area contributed by atoms with E-state index in [1.807, 2.05) is 0 Å². The minimum absolute atomic E-state index is 0.100. The number of aromatic nitrogens is 4. The number of nitrogens with two attached hydrogens (primary N) is 1. The van der Waals surface area contributed by atoms with Gasteiger partial charge >= 0.3 is 0 Å². The smallest absolute Gasteiger partial charge is 0.283 e. The van der Waals surface area contributed by atoms with Crippen LogP contribution < -0.4 is 11.3 Å². The molecule has 0 saturated carbocycles. The predicted molar refractivity (Wildman–Crippen MR) is 76.2 cm³/mol. The summed E-state index contributed by atoms with van der Waals surface area (Å²) in [5.41, 5.74) is 5.44. The van der Waals surface area contributed by atoms with E-state index in [0.717, 1.165) is 4.57 Å². The van der Waals surface area contributed by atoms with Crippen molar-refractivity contribution in [1.82, 2.24) is 19.5 Å². The Morgan fingerprint density at radius 3 is 2.83 bits per heavy atom. The second-order valence-corrected chi connectivity index (χ2v) is 5.34. The van der Waals surface area contributed by atoms with Crippen LogP contribution in [0.4, 0.5) is 5.95 Å². The average Bonchev–Trinajstić information content (AvgIpc) is 2.95. The number of nitrogens with zero attached hydrogens (tertiary/aromatic N) is 3. The first-order valence-corrected chi connectivity index (χ1v) is 6.95. The second-order valence-electron chi connectivity index (χ2n) is 5.34. The number of rotatable bonds is 2. The van der Waals surface area contributed by atoms with Gasteiger partial charge in [0.15, 0.2) is 11.2 Å². The van der Waals surface area contributed by atoms with E-state index in [1.54, 1.807) is 0 Å². The molecule has 1 fully saturated rings. The van der Waals surface area contributed by atoms with Crippen LogP contribution in [0.15, 0.2) is 11.1 Å². The number of hydrogen-bond acceptors (Lipinski definition) is 9. The van der Waals surface area contributed by atoms with Gasteiger partial charge in [-0.05, 0) is 0 Å². The number of fused-ring (bicyclic) bond motifs is 1. The van der Waals surface area contributed by atoms with E-state index in [1.165, 1.54) is 6.33 Å². The van der Waals surface area contributed by atoms with Crippen molar-refractivity contribution in [2.24, 2.45) is 0 Å². The molecule has 11 heteroatoms. The highest BCUT2D eigenvalue weighted by Crippen LogP contribution is 2.27. The lowest BCUT2D eigenvalue weighted by molar-refractivity contribution is -0.131. The van der Waals surface area contributed by atoms with Gasteiger partial charge in [-0.2, -0.15) is 4.98 Å². The maximum absolute atomic E-state index is 12.5. The molecule has 3 heterocycles. The molecule has 0 aliphatic carbocycles. The highest BCUT2D eigenvalue weighted by atomic mass is 16.5. The molecule has 7 N–H and O–H groups in total. The van der Waals surface area contributed by atoms with E-state index in [4.69, 9.17) is 10.5 Å². The number of ether oxygens (including phenoxy) is 1. The average molecular weight is 327 g/mol. The molecule has 126 valence electrons. The molecule has 2 aromatic heterocycles. The molecule has 0 radical (unpaired) electrons. The molecule has 1 saturated heterocycles. The summed E-state index contributed by atoms with van der Waals surface area (Å²) in [7, 11) is 0. The number of imidazole rings is 1. The third-order valence-electron chi connectivity index (χ3n) is 3.89. The Morgan fingerprint density at radius 2 is 2.13 bits per heavy atom. The monoisotopic (exact) mass is 327 g/mol. The SMILES string of the molecule is Nc1nc2nc[nH]c2c(=O)n1C1C[C@@H](O)[C@@H](O)[C@H](O)[C@@H](CO)O1. The number of H-pyrrole nitrogens is 1. The minimum Gasteiger partial charge on any atom is -0.394 e. The van der Waals surface area contributed by atoms with Crippen LogP contribution in [0.5, 0.6) is 0 Å². The molecule has 0 aromatic carbocycles. The fourth-order valence-corrected chi connectivity index (χ4v) is 2.64. The first kappa shape index (κ1) is 15.8. The maximum atomic E-state index is 12.5. The van der Waals surface area contributed by atoms with E-state index in [0.29, 0.717) is 0 Å². The second kappa shape index (κ2) is 5.86. The van der Waals surface area contributed by atoms with Crippen LogP contribution in [0.2, 0.25) is 0 Å². The number of nitrogen functional groups attached to an aromatic ring is 1. The Balaban J connectivity index is 2.08. The third kappa shape index (κ3) is 2.58. The highest BCUT2D eigenvalue weighted by Gasteiger charge is 2.40. The van der Waals surface area contributed by atoms with Crippen molar-refractivity contribution < 1.29 is 25.2 Å². The first-order valence-electron chi connectivity index (χ1n) is 6.95. The van der Waals surface area contributed by atoms with E-state index in [-0.39, 0.29) is 23.5 Å². The molecule has 5 atom stereocenters. The van der Waals surface area contributed by atoms with Gasteiger partial charge in [0.1, 0.15) is 24.5 Å². The zero-order valence-electron chi connectivity index (χ0n) is 11.9. The third-order valence-corrected chi connectivity index (χ3v) is 3.89. The van der Waals surface area contributed by atoms with Crippen molar-refractivity contribution in [2.75, 3.05) is 12.3 Å². The zero-order chi connectivity index (χ0) is 16.7. The van der Waals surface area contributed by atoms with Crippen molar-refractivity contribution >= 4 is 17.1 Å². The maximum Gasteiger partial charge on any atom is 0.283 e. The minimum atomic E-state index is -1.53. The van der Waals surface area contributed by atoms with Crippen LogP contribution in [0.25, 0.3) is 11.2 Å². The van der Waals surface area contributed by atoms with Gasteiger partial charge in [0.25, 0.3) is 5.56 Å². The standard InChI is InChI=1S/C12H17N5O6/c13-12-16-10-7(14-3-15-10)11(22)17(12)6-1-4(19)8(20)9(21)5(2-18)23-6/h3-6,8-9,18-21H,1-2H2,(H2,13,16)(H,14,15)/t4-,5-,6?,8-,9-/m1/s1. The first-order chi connectivity index (χ1) is 10.9. The highest BCUT2D eigenvalue weighted by molar-refractivity contribution is 5.69. The van der Waals surface area contributed by atoms with Crippen LogP contribution >= 0.6 is 0 Å². The van der Waals surface area contributed by atoms with Gasteiger partial charge in [0.05, 0.1) is 19.0 Å². The Morgan fingerprint density at radius 1 is 1.39 bits per heavy atom. The topological polar surface area (TPSA) is 180 Å². The van der Waals surface area contributed by atoms with E-state index in [2.05, 4.69) is 15.0 Å². The van der Waals surface area contributed by atoms with Crippen molar-refractivity contribution in [2.45, 2.75) is 37.1 Å². The molecule has 2 aromatic rings.